The zero-order valence-electron chi connectivity index (χ0n) is 13.7. The summed E-state index contributed by atoms with van der Waals surface area (Å²) in [7, 11) is -3.55. The molecule has 0 aliphatic carbocycles. The molecule has 0 aliphatic rings. The number of carbonyl (C=O) groups excluding carboxylic acids is 1. The van der Waals surface area contributed by atoms with Crippen molar-refractivity contribution in [3.63, 3.8) is 0 Å². The molecule has 1 aromatic carbocycles. The number of nitrogens with zero attached hydrogens (tertiary/aromatic N) is 1. The number of rotatable bonds is 7. The van der Waals surface area contributed by atoms with Gasteiger partial charge in [-0.05, 0) is 36.6 Å². The Hall–Kier alpha value is -1.61. The van der Waals surface area contributed by atoms with E-state index in [1.54, 1.807) is 0 Å². The quantitative estimate of drug-likeness (QED) is 0.807. The molecule has 5 nitrogen and oxygen atoms in total. The Morgan fingerprint density at radius 1 is 1.21 bits per heavy atom. The molecule has 0 aromatic heterocycles. The molecule has 0 saturated heterocycles. The van der Waals surface area contributed by atoms with Crippen LogP contribution in [0, 0.1) is 5.92 Å². The molecule has 136 valence electrons. The van der Waals surface area contributed by atoms with E-state index in [1.807, 2.05) is 13.8 Å². The Bertz CT molecular complexity index is 656. The van der Waals surface area contributed by atoms with Gasteiger partial charge in [-0.25, -0.2) is 8.42 Å². The molecule has 1 N–H and O–H groups in total. The van der Waals surface area contributed by atoms with Gasteiger partial charge in [-0.1, -0.05) is 13.8 Å². The Kier molecular flexibility index (Phi) is 6.79. The van der Waals surface area contributed by atoms with Gasteiger partial charge in [0.05, 0.1) is 18.4 Å². The molecule has 0 atom stereocenters. The van der Waals surface area contributed by atoms with Gasteiger partial charge >= 0.3 is 6.18 Å². The first kappa shape index (κ1) is 20.4. The minimum atomic E-state index is -4.45. The molecule has 0 fully saturated rings. The number of anilines is 1. The van der Waals surface area contributed by atoms with E-state index >= 15 is 0 Å². The molecule has 9 heteroatoms. The summed E-state index contributed by atoms with van der Waals surface area (Å²) in [5.41, 5.74) is -0.652. The molecule has 0 heterocycles. The Morgan fingerprint density at radius 3 is 2.17 bits per heavy atom. The van der Waals surface area contributed by atoms with Crippen LogP contribution in [0.3, 0.4) is 0 Å². The van der Waals surface area contributed by atoms with Crippen LogP contribution in [0.4, 0.5) is 18.9 Å². The lowest BCUT2D eigenvalue weighted by Gasteiger charge is -2.20. The van der Waals surface area contributed by atoms with Crippen molar-refractivity contribution >= 4 is 21.6 Å². The van der Waals surface area contributed by atoms with E-state index in [-0.39, 0.29) is 24.7 Å². The van der Waals surface area contributed by atoms with Crippen molar-refractivity contribution in [2.45, 2.75) is 26.4 Å². The lowest BCUT2D eigenvalue weighted by molar-refractivity contribution is -0.137. The zero-order chi connectivity index (χ0) is 18.5. The van der Waals surface area contributed by atoms with E-state index in [0.717, 1.165) is 34.8 Å². The third kappa shape index (κ3) is 6.88. The summed E-state index contributed by atoms with van der Waals surface area (Å²) in [4.78, 5) is 12.0. The zero-order valence-corrected chi connectivity index (χ0v) is 14.5. The Morgan fingerprint density at radius 2 is 1.75 bits per heavy atom. The SMILES string of the molecule is CC(C)CCN(CC(=O)Nc1ccc(C(F)(F)F)cc1)S(C)(=O)=O. The van der Waals surface area contributed by atoms with E-state index in [4.69, 9.17) is 0 Å². The minimum Gasteiger partial charge on any atom is -0.325 e. The highest BCUT2D eigenvalue weighted by molar-refractivity contribution is 7.88. The summed E-state index contributed by atoms with van der Waals surface area (Å²) in [6, 6.07) is 3.95. The molecular weight excluding hydrogens is 345 g/mol. The molecular formula is C15H21F3N2O3S. The van der Waals surface area contributed by atoms with Gasteiger partial charge in [0.15, 0.2) is 0 Å². The molecule has 0 aliphatic heterocycles. The van der Waals surface area contributed by atoms with Crippen molar-refractivity contribution < 1.29 is 26.4 Å². The lowest BCUT2D eigenvalue weighted by atomic mass is 10.1. The molecule has 0 radical (unpaired) electrons. The highest BCUT2D eigenvalue weighted by atomic mass is 32.2. The van der Waals surface area contributed by atoms with Gasteiger partial charge < -0.3 is 5.32 Å². The average Bonchev–Trinajstić information content (AvgIpc) is 2.41. The number of benzene rings is 1. The number of alkyl halides is 3. The highest BCUT2D eigenvalue weighted by Gasteiger charge is 2.30. The van der Waals surface area contributed by atoms with Gasteiger partial charge in [-0.2, -0.15) is 17.5 Å². The van der Waals surface area contributed by atoms with Crippen LogP contribution in [0.1, 0.15) is 25.8 Å². The van der Waals surface area contributed by atoms with E-state index in [9.17, 15) is 26.4 Å². The second kappa shape index (κ2) is 7.98. The van der Waals surface area contributed by atoms with Crippen LogP contribution in [-0.4, -0.2) is 38.0 Å². The number of amides is 1. The van der Waals surface area contributed by atoms with Crippen LogP contribution < -0.4 is 5.32 Å². The summed E-state index contributed by atoms with van der Waals surface area (Å²) in [5, 5.41) is 2.40. The number of sulfonamides is 1. The van der Waals surface area contributed by atoms with Gasteiger partial charge in [0, 0.05) is 12.2 Å². The van der Waals surface area contributed by atoms with Crippen molar-refractivity contribution in [3.05, 3.63) is 29.8 Å². The monoisotopic (exact) mass is 366 g/mol. The van der Waals surface area contributed by atoms with Crippen LogP contribution in [0.25, 0.3) is 0 Å². The maximum Gasteiger partial charge on any atom is 0.416 e. The topological polar surface area (TPSA) is 66.5 Å². The van der Waals surface area contributed by atoms with Crippen LogP contribution in [0.2, 0.25) is 0 Å². The molecule has 1 amide bonds. The van der Waals surface area contributed by atoms with Crippen molar-refractivity contribution in [1.82, 2.24) is 4.31 Å². The maximum atomic E-state index is 12.5. The van der Waals surface area contributed by atoms with Gasteiger partial charge in [-0.15, -0.1) is 0 Å². The van der Waals surface area contributed by atoms with Gasteiger partial charge in [0.25, 0.3) is 0 Å². The summed E-state index contributed by atoms with van der Waals surface area (Å²) < 4.78 is 61.9. The smallest absolute Gasteiger partial charge is 0.325 e. The first-order valence-corrected chi connectivity index (χ1v) is 9.16. The molecule has 1 rings (SSSR count). The second-order valence-electron chi connectivity index (χ2n) is 5.90. The van der Waals surface area contributed by atoms with Gasteiger partial charge in [0.2, 0.25) is 15.9 Å². The molecule has 0 spiro atoms. The van der Waals surface area contributed by atoms with Crippen LogP contribution in [0.5, 0.6) is 0 Å². The fraction of sp³-hybridized carbons (Fsp3) is 0.533. The summed E-state index contributed by atoms with van der Waals surface area (Å²) >= 11 is 0. The van der Waals surface area contributed by atoms with Crippen LogP contribution in [-0.2, 0) is 21.0 Å². The summed E-state index contributed by atoms with van der Waals surface area (Å²) in [5.74, 6) is -0.337. The Balaban J connectivity index is 2.72. The fourth-order valence-electron chi connectivity index (χ4n) is 1.87. The fourth-order valence-corrected chi connectivity index (χ4v) is 2.66. The standard InChI is InChI=1S/C15H21F3N2O3S/c1-11(2)8-9-20(24(3,22)23)10-14(21)19-13-6-4-12(5-7-13)15(16,17)18/h4-7,11H,8-10H2,1-3H3,(H,19,21). The first-order chi connectivity index (χ1) is 10.9. The number of hydrogen-bond donors (Lipinski definition) is 1. The summed E-state index contributed by atoms with van der Waals surface area (Å²) in [6.07, 6.45) is -2.84. The number of nitrogens with one attached hydrogen (secondary N) is 1. The van der Waals surface area contributed by atoms with Gasteiger partial charge in [0.1, 0.15) is 0 Å². The largest absolute Gasteiger partial charge is 0.416 e. The number of hydrogen-bond acceptors (Lipinski definition) is 3. The first-order valence-electron chi connectivity index (χ1n) is 7.32. The molecule has 1 aromatic rings. The van der Waals surface area contributed by atoms with Crippen LogP contribution >= 0.6 is 0 Å². The third-order valence-corrected chi connectivity index (χ3v) is 4.49. The van der Waals surface area contributed by atoms with E-state index in [2.05, 4.69) is 5.32 Å². The molecule has 0 unspecified atom stereocenters. The van der Waals surface area contributed by atoms with Gasteiger partial charge in [-0.3, -0.25) is 4.79 Å². The minimum absolute atomic E-state index is 0.172. The molecule has 24 heavy (non-hydrogen) atoms. The Labute approximate surface area is 139 Å². The second-order valence-corrected chi connectivity index (χ2v) is 7.88. The molecule has 0 saturated carbocycles. The number of carbonyl (C=O) groups is 1. The van der Waals surface area contributed by atoms with Crippen molar-refractivity contribution in [1.29, 1.82) is 0 Å². The van der Waals surface area contributed by atoms with E-state index in [1.165, 1.54) is 0 Å². The van der Waals surface area contributed by atoms with Crippen molar-refractivity contribution in [3.8, 4) is 0 Å². The predicted molar refractivity (Wildman–Crippen MR) is 85.9 cm³/mol. The van der Waals surface area contributed by atoms with Crippen LogP contribution in [0.15, 0.2) is 24.3 Å². The molecule has 0 bridgehead atoms. The lowest BCUT2D eigenvalue weighted by Crippen LogP contribution is -2.38. The van der Waals surface area contributed by atoms with E-state index in [0.29, 0.717) is 6.42 Å². The number of halogens is 3. The third-order valence-electron chi connectivity index (χ3n) is 3.24. The highest BCUT2D eigenvalue weighted by Crippen LogP contribution is 2.29. The summed E-state index contributed by atoms with van der Waals surface area (Å²) in [6.45, 7) is 3.69. The average molecular weight is 366 g/mol. The predicted octanol–water partition coefficient (Wildman–Crippen LogP) is 2.95. The maximum absolute atomic E-state index is 12.5. The van der Waals surface area contributed by atoms with Crippen molar-refractivity contribution in [2.75, 3.05) is 24.7 Å². The van der Waals surface area contributed by atoms with Crippen molar-refractivity contribution in [2.24, 2.45) is 5.92 Å². The normalized spacial score (nSPS) is 12.7. The van der Waals surface area contributed by atoms with E-state index < -0.39 is 27.7 Å².